The monoisotopic (exact) mass is 472 g/mol. The van der Waals surface area contributed by atoms with E-state index in [1.165, 1.54) is 4.31 Å². The summed E-state index contributed by atoms with van der Waals surface area (Å²) in [5, 5.41) is 0. The number of likely N-dealkylation sites (tertiary alicyclic amines) is 1. The van der Waals surface area contributed by atoms with E-state index in [0.717, 1.165) is 24.2 Å². The highest BCUT2D eigenvalue weighted by molar-refractivity contribution is 7.89. The third-order valence-electron chi connectivity index (χ3n) is 6.41. The van der Waals surface area contributed by atoms with Crippen LogP contribution in [-0.2, 0) is 21.2 Å². The smallest absolute Gasteiger partial charge is 0.253 e. The lowest BCUT2D eigenvalue weighted by atomic mass is 9.97. The molecule has 0 bridgehead atoms. The maximum absolute atomic E-state index is 13.3. The number of nitrogens with zero attached hydrogens (tertiary/aromatic N) is 2. The van der Waals surface area contributed by atoms with E-state index in [1.807, 2.05) is 42.2 Å². The lowest BCUT2D eigenvalue weighted by Crippen LogP contribution is -2.41. The summed E-state index contributed by atoms with van der Waals surface area (Å²) in [6.07, 6.45) is 2.31. The SMILES string of the molecule is CCc1ccc(C(=O)N2CCC(COc3ccccc3)CC2)cc1S(=O)(=O)N1CCOCC1. The van der Waals surface area contributed by atoms with E-state index in [0.29, 0.717) is 63.9 Å². The van der Waals surface area contributed by atoms with Gasteiger partial charge in [-0.25, -0.2) is 8.42 Å². The first-order chi connectivity index (χ1) is 16.0. The maximum Gasteiger partial charge on any atom is 0.253 e. The summed E-state index contributed by atoms with van der Waals surface area (Å²) in [5.74, 6) is 1.15. The van der Waals surface area contributed by atoms with Crippen LogP contribution in [-0.4, -0.2) is 69.5 Å². The van der Waals surface area contributed by atoms with Gasteiger partial charge in [-0.1, -0.05) is 31.2 Å². The molecular weight excluding hydrogens is 440 g/mol. The number of rotatable bonds is 7. The number of carbonyl (C=O) groups excluding carboxylic acids is 1. The highest BCUT2D eigenvalue weighted by atomic mass is 32.2. The Labute approximate surface area is 196 Å². The minimum Gasteiger partial charge on any atom is -0.493 e. The Morgan fingerprint density at radius 3 is 2.39 bits per heavy atom. The second-order valence-electron chi connectivity index (χ2n) is 8.55. The number of carbonyl (C=O) groups is 1. The van der Waals surface area contributed by atoms with E-state index in [4.69, 9.17) is 9.47 Å². The Balaban J connectivity index is 1.42. The largest absolute Gasteiger partial charge is 0.493 e. The zero-order valence-electron chi connectivity index (χ0n) is 19.1. The standard InChI is InChI=1S/C25H32N2O5S/c1-2-21-8-9-22(18-24(21)33(29,30)27-14-16-31-17-15-27)25(28)26-12-10-20(11-13-26)19-32-23-6-4-3-5-7-23/h3-9,18,20H,2,10-17,19H2,1H3. The summed E-state index contributed by atoms with van der Waals surface area (Å²) in [4.78, 5) is 15.3. The molecule has 1 amide bonds. The molecule has 2 aromatic rings. The van der Waals surface area contributed by atoms with Crippen LogP contribution in [0.25, 0.3) is 0 Å². The minimum atomic E-state index is -3.67. The van der Waals surface area contributed by atoms with Crippen LogP contribution in [0.5, 0.6) is 5.75 Å². The lowest BCUT2D eigenvalue weighted by molar-refractivity contribution is 0.0660. The van der Waals surface area contributed by atoms with Crippen molar-refractivity contribution in [3.05, 3.63) is 59.7 Å². The van der Waals surface area contributed by atoms with E-state index in [1.54, 1.807) is 18.2 Å². The molecule has 0 N–H and O–H groups in total. The summed E-state index contributed by atoms with van der Waals surface area (Å²) < 4.78 is 39.2. The molecule has 2 aliphatic rings. The van der Waals surface area contributed by atoms with E-state index < -0.39 is 10.0 Å². The third kappa shape index (κ3) is 5.57. The Kier molecular flexibility index (Phi) is 7.67. The molecule has 2 heterocycles. The average Bonchev–Trinajstić information content (AvgIpc) is 2.88. The first kappa shape index (κ1) is 23.7. The normalized spacial score (nSPS) is 18.3. The molecule has 0 saturated carbocycles. The summed E-state index contributed by atoms with van der Waals surface area (Å²) in [6, 6.07) is 14.9. The molecule has 33 heavy (non-hydrogen) atoms. The quantitative estimate of drug-likeness (QED) is 0.619. The van der Waals surface area contributed by atoms with Crippen molar-refractivity contribution in [1.82, 2.24) is 9.21 Å². The van der Waals surface area contributed by atoms with Gasteiger partial charge in [-0.05, 0) is 55.0 Å². The van der Waals surface area contributed by atoms with Gasteiger partial charge in [0.2, 0.25) is 10.0 Å². The molecule has 0 aliphatic carbocycles. The number of piperidine rings is 1. The number of morpholine rings is 1. The van der Waals surface area contributed by atoms with E-state index >= 15 is 0 Å². The van der Waals surface area contributed by atoms with Crippen LogP contribution in [0.1, 0.15) is 35.7 Å². The molecule has 2 fully saturated rings. The molecular formula is C25H32N2O5S. The zero-order chi connectivity index (χ0) is 23.3. The number of hydrogen-bond acceptors (Lipinski definition) is 5. The summed E-state index contributed by atoms with van der Waals surface area (Å²) in [6.45, 7) is 5.30. The fourth-order valence-corrected chi connectivity index (χ4v) is 6.09. The van der Waals surface area contributed by atoms with Crippen molar-refractivity contribution in [2.24, 2.45) is 5.92 Å². The van der Waals surface area contributed by atoms with Gasteiger partial charge in [0.25, 0.3) is 5.91 Å². The van der Waals surface area contributed by atoms with E-state index in [2.05, 4.69) is 0 Å². The molecule has 0 atom stereocenters. The number of amides is 1. The molecule has 0 unspecified atom stereocenters. The summed E-state index contributed by atoms with van der Waals surface area (Å²) in [5.41, 5.74) is 1.16. The van der Waals surface area contributed by atoms with Crippen molar-refractivity contribution in [1.29, 1.82) is 0 Å². The first-order valence-electron chi connectivity index (χ1n) is 11.7. The van der Waals surface area contributed by atoms with Crippen LogP contribution in [0.3, 0.4) is 0 Å². The van der Waals surface area contributed by atoms with Crippen molar-refractivity contribution >= 4 is 15.9 Å². The van der Waals surface area contributed by atoms with Gasteiger partial charge < -0.3 is 14.4 Å². The highest BCUT2D eigenvalue weighted by Gasteiger charge is 2.30. The molecule has 0 aromatic heterocycles. The molecule has 0 radical (unpaired) electrons. The number of ether oxygens (including phenoxy) is 2. The molecule has 8 heteroatoms. The van der Waals surface area contributed by atoms with Crippen molar-refractivity contribution in [2.75, 3.05) is 46.0 Å². The lowest BCUT2D eigenvalue weighted by Gasteiger charge is -2.32. The number of hydrogen-bond donors (Lipinski definition) is 0. The van der Waals surface area contributed by atoms with E-state index in [-0.39, 0.29) is 10.8 Å². The minimum absolute atomic E-state index is 0.112. The summed E-state index contributed by atoms with van der Waals surface area (Å²) in [7, 11) is -3.67. The van der Waals surface area contributed by atoms with Crippen molar-refractivity contribution in [3.63, 3.8) is 0 Å². The van der Waals surface area contributed by atoms with Gasteiger partial charge in [-0.2, -0.15) is 4.31 Å². The second kappa shape index (κ2) is 10.7. The van der Waals surface area contributed by atoms with Crippen LogP contribution in [0.4, 0.5) is 0 Å². The van der Waals surface area contributed by atoms with Crippen LogP contribution in [0, 0.1) is 5.92 Å². The first-order valence-corrected chi connectivity index (χ1v) is 13.1. The average molecular weight is 473 g/mol. The molecule has 2 aliphatic heterocycles. The van der Waals surface area contributed by atoms with Gasteiger partial charge in [-0.15, -0.1) is 0 Å². The molecule has 4 rings (SSSR count). The van der Waals surface area contributed by atoms with Crippen LogP contribution >= 0.6 is 0 Å². The topological polar surface area (TPSA) is 76.2 Å². The highest BCUT2D eigenvalue weighted by Crippen LogP contribution is 2.26. The molecule has 2 aromatic carbocycles. The Bertz CT molecular complexity index is 1040. The Hall–Kier alpha value is -2.42. The predicted octanol–water partition coefficient (Wildman–Crippen LogP) is 3.20. The molecule has 178 valence electrons. The number of benzene rings is 2. The van der Waals surface area contributed by atoms with E-state index in [9.17, 15) is 13.2 Å². The van der Waals surface area contributed by atoms with Crippen LogP contribution < -0.4 is 4.74 Å². The van der Waals surface area contributed by atoms with Crippen molar-refractivity contribution in [3.8, 4) is 5.75 Å². The predicted molar refractivity (Wildman–Crippen MR) is 126 cm³/mol. The fourth-order valence-electron chi connectivity index (χ4n) is 4.36. The van der Waals surface area contributed by atoms with Gasteiger partial charge >= 0.3 is 0 Å². The number of aryl methyl sites for hydroxylation is 1. The van der Waals surface area contributed by atoms with Crippen molar-refractivity contribution < 1.29 is 22.7 Å². The van der Waals surface area contributed by atoms with Gasteiger partial charge in [0.1, 0.15) is 5.75 Å². The number of sulfonamides is 1. The van der Waals surface area contributed by atoms with Crippen LogP contribution in [0.15, 0.2) is 53.4 Å². The van der Waals surface area contributed by atoms with Gasteiger partial charge in [0, 0.05) is 31.7 Å². The number of para-hydroxylation sites is 1. The molecule has 2 saturated heterocycles. The Morgan fingerprint density at radius 1 is 1.03 bits per heavy atom. The van der Waals surface area contributed by atoms with Gasteiger partial charge in [0.15, 0.2) is 0 Å². The van der Waals surface area contributed by atoms with Crippen LogP contribution in [0.2, 0.25) is 0 Å². The second-order valence-corrected chi connectivity index (χ2v) is 10.5. The summed E-state index contributed by atoms with van der Waals surface area (Å²) >= 11 is 0. The molecule has 7 nitrogen and oxygen atoms in total. The molecule has 0 spiro atoms. The maximum atomic E-state index is 13.3. The van der Waals surface area contributed by atoms with Gasteiger partial charge in [0.05, 0.1) is 24.7 Å². The fraction of sp³-hybridized carbons (Fsp3) is 0.480. The van der Waals surface area contributed by atoms with Gasteiger partial charge in [-0.3, -0.25) is 4.79 Å². The Morgan fingerprint density at radius 2 is 1.73 bits per heavy atom. The third-order valence-corrected chi connectivity index (χ3v) is 8.39. The van der Waals surface area contributed by atoms with Crippen molar-refractivity contribution in [2.45, 2.75) is 31.1 Å². The zero-order valence-corrected chi connectivity index (χ0v) is 19.9.